The Morgan fingerprint density at radius 1 is 1.14 bits per heavy atom. The van der Waals surface area contributed by atoms with Gasteiger partial charge in [-0.2, -0.15) is 0 Å². The minimum absolute atomic E-state index is 0.112. The Bertz CT molecular complexity index is 792. The molecule has 1 atom stereocenters. The molecule has 1 fully saturated rings. The van der Waals surface area contributed by atoms with Gasteiger partial charge >= 0.3 is 6.03 Å². The van der Waals surface area contributed by atoms with Gasteiger partial charge in [-0.15, -0.1) is 0 Å². The number of likely N-dealkylation sites (tertiary alicyclic amines) is 1. The highest BCUT2D eigenvalue weighted by molar-refractivity contribution is 5.75. The molecule has 6 heteroatoms. The van der Waals surface area contributed by atoms with E-state index in [-0.39, 0.29) is 17.6 Å². The molecular weight excluding hydrogens is 360 g/mol. The average Bonchev–Trinajstić information content (AvgIpc) is 2.69. The summed E-state index contributed by atoms with van der Waals surface area (Å²) in [6.45, 7) is 4.01. The molecule has 3 rings (SSSR count). The van der Waals surface area contributed by atoms with Gasteiger partial charge in [-0.3, -0.25) is 0 Å². The Morgan fingerprint density at radius 3 is 2.50 bits per heavy atom. The van der Waals surface area contributed by atoms with Crippen LogP contribution in [-0.2, 0) is 6.54 Å². The Kier molecular flexibility index (Phi) is 6.62. The van der Waals surface area contributed by atoms with Crippen LogP contribution in [0.25, 0.3) is 0 Å². The highest BCUT2D eigenvalue weighted by Crippen LogP contribution is 2.22. The number of urea groups is 1. The molecule has 0 aromatic heterocycles. The minimum Gasteiger partial charge on any atom is -0.331 e. The van der Waals surface area contributed by atoms with E-state index in [9.17, 15) is 13.6 Å². The Hall–Kier alpha value is -2.47. The number of halogens is 2. The predicted molar refractivity (Wildman–Crippen MR) is 106 cm³/mol. The molecule has 0 aliphatic carbocycles. The molecule has 1 heterocycles. The number of carbonyl (C=O) groups excluding carboxylic acids is 1. The van der Waals surface area contributed by atoms with Crippen molar-refractivity contribution in [2.24, 2.45) is 0 Å². The predicted octanol–water partition coefficient (Wildman–Crippen LogP) is 4.33. The standard InChI is InChI=1S/C22H27F2N3O/c1-16(19-9-6-10-20(23)21(19)24)25-22(28)27(15-17-7-4-3-5-8-17)18-11-13-26(2)14-12-18/h3-10,16,18H,11-15H2,1-2H3,(H,25,28). The van der Waals surface area contributed by atoms with Crippen molar-refractivity contribution in [3.05, 3.63) is 71.3 Å². The lowest BCUT2D eigenvalue weighted by Crippen LogP contribution is -2.50. The van der Waals surface area contributed by atoms with Gasteiger partial charge < -0.3 is 15.1 Å². The number of carbonyl (C=O) groups is 1. The Balaban J connectivity index is 1.76. The monoisotopic (exact) mass is 387 g/mol. The van der Waals surface area contributed by atoms with Crippen molar-refractivity contribution in [3.63, 3.8) is 0 Å². The van der Waals surface area contributed by atoms with E-state index in [1.807, 2.05) is 35.2 Å². The van der Waals surface area contributed by atoms with Gasteiger partial charge in [-0.1, -0.05) is 42.5 Å². The topological polar surface area (TPSA) is 35.6 Å². The number of hydrogen-bond donors (Lipinski definition) is 1. The molecule has 0 saturated carbocycles. The van der Waals surface area contributed by atoms with Gasteiger partial charge in [-0.25, -0.2) is 13.6 Å². The van der Waals surface area contributed by atoms with E-state index >= 15 is 0 Å². The minimum atomic E-state index is -0.913. The lowest BCUT2D eigenvalue weighted by atomic mass is 10.0. The number of rotatable bonds is 5. The van der Waals surface area contributed by atoms with Crippen molar-refractivity contribution in [2.75, 3.05) is 20.1 Å². The maximum atomic E-state index is 14.1. The summed E-state index contributed by atoms with van der Waals surface area (Å²) in [6, 6.07) is 13.1. The van der Waals surface area contributed by atoms with Crippen LogP contribution < -0.4 is 5.32 Å². The number of piperidine rings is 1. The molecule has 0 spiro atoms. The normalized spacial score (nSPS) is 16.6. The molecule has 1 N–H and O–H groups in total. The van der Waals surface area contributed by atoms with Crippen molar-refractivity contribution < 1.29 is 13.6 Å². The summed E-state index contributed by atoms with van der Waals surface area (Å²) in [5, 5.41) is 2.86. The zero-order chi connectivity index (χ0) is 20.1. The summed E-state index contributed by atoms with van der Waals surface area (Å²) < 4.78 is 27.7. The van der Waals surface area contributed by atoms with Crippen molar-refractivity contribution in [3.8, 4) is 0 Å². The van der Waals surface area contributed by atoms with Crippen LogP contribution in [0.2, 0.25) is 0 Å². The van der Waals surface area contributed by atoms with Gasteiger partial charge in [0.15, 0.2) is 11.6 Å². The fourth-order valence-electron chi connectivity index (χ4n) is 3.65. The van der Waals surface area contributed by atoms with Crippen LogP contribution in [0.4, 0.5) is 13.6 Å². The molecule has 1 saturated heterocycles. The first kappa shape index (κ1) is 20.3. The van der Waals surface area contributed by atoms with E-state index in [0.29, 0.717) is 6.54 Å². The van der Waals surface area contributed by atoms with E-state index in [2.05, 4.69) is 17.3 Å². The van der Waals surface area contributed by atoms with Crippen LogP contribution >= 0.6 is 0 Å². The quantitative estimate of drug-likeness (QED) is 0.829. The molecule has 1 aliphatic rings. The molecule has 2 aromatic rings. The van der Waals surface area contributed by atoms with Crippen molar-refractivity contribution in [1.29, 1.82) is 0 Å². The van der Waals surface area contributed by atoms with Crippen LogP contribution in [0, 0.1) is 11.6 Å². The molecular formula is C22H27F2N3O. The number of hydrogen-bond acceptors (Lipinski definition) is 2. The Morgan fingerprint density at radius 2 is 1.82 bits per heavy atom. The van der Waals surface area contributed by atoms with Crippen LogP contribution in [0.3, 0.4) is 0 Å². The highest BCUT2D eigenvalue weighted by Gasteiger charge is 2.28. The van der Waals surface area contributed by atoms with Crippen molar-refractivity contribution in [1.82, 2.24) is 15.1 Å². The average molecular weight is 387 g/mol. The number of benzene rings is 2. The number of nitrogens with one attached hydrogen (secondary N) is 1. The zero-order valence-corrected chi connectivity index (χ0v) is 16.4. The molecule has 1 unspecified atom stereocenters. The highest BCUT2D eigenvalue weighted by atomic mass is 19.2. The summed E-state index contributed by atoms with van der Waals surface area (Å²) in [5.74, 6) is -1.82. The van der Waals surface area contributed by atoms with Crippen LogP contribution in [0.1, 0.15) is 36.9 Å². The third-order valence-electron chi connectivity index (χ3n) is 5.37. The van der Waals surface area contributed by atoms with E-state index < -0.39 is 17.7 Å². The fraction of sp³-hybridized carbons (Fsp3) is 0.409. The molecule has 1 aliphatic heterocycles. The third kappa shape index (κ3) is 4.87. The second kappa shape index (κ2) is 9.15. The first-order valence-electron chi connectivity index (χ1n) is 9.69. The Labute approximate surface area is 165 Å². The van der Waals surface area contributed by atoms with Crippen LogP contribution in [-0.4, -0.2) is 42.0 Å². The van der Waals surface area contributed by atoms with Gasteiger partial charge in [-0.05, 0) is 51.5 Å². The number of amides is 2. The molecule has 28 heavy (non-hydrogen) atoms. The second-order valence-electron chi connectivity index (χ2n) is 7.46. The molecule has 4 nitrogen and oxygen atoms in total. The molecule has 2 amide bonds. The second-order valence-corrected chi connectivity index (χ2v) is 7.46. The maximum Gasteiger partial charge on any atom is 0.318 e. The largest absolute Gasteiger partial charge is 0.331 e. The van der Waals surface area contributed by atoms with E-state index in [0.717, 1.165) is 37.6 Å². The molecule has 0 radical (unpaired) electrons. The summed E-state index contributed by atoms with van der Waals surface area (Å²) >= 11 is 0. The van der Waals surface area contributed by atoms with Gasteiger partial charge in [0.25, 0.3) is 0 Å². The summed E-state index contributed by atoms with van der Waals surface area (Å²) in [5.41, 5.74) is 1.19. The number of nitrogens with zero attached hydrogens (tertiary/aromatic N) is 2. The third-order valence-corrected chi connectivity index (χ3v) is 5.37. The smallest absolute Gasteiger partial charge is 0.318 e. The van der Waals surface area contributed by atoms with Gasteiger partial charge in [0.1, 0.15) is 0 Å². The van der Waals surface area contributed by atoms with Gasteiger partial charge in [0.2, 0.25) is 0 Å². The lowest BCUT2D eigenvalue weighted by Gasteiger charge is -2.38. The van der Waals surface area contributed by atoms with E-state index in [1.54, 1.807) is 6.92 Å². The molecule has 2 aromatic carbocycles. The van der Waals surface area contributed by atoms with E-state index in [4.69, 9.17) is 0 Å². The fourth-order valence-corrected chi connectivity index (χ4v) is 3.65. The summed E-state index contributed by atoms with van der Waals surface area (Å²) in [7, 11) is 2.08. The maximum absolute atomic E-state index is 14.1. The molecule has 0 bridgehead atoms. The first-order chi connectivity index (χ1) is 13.5. The lowest BCUT2D eigenvalue weighted by molar-refractivity contribution is 0.125. The summed E-state index contributed by atoms with van der Waals surface area (Å²) in [4.78, 5) is 17.2. The SMILES string of the molecule is CC(NC(=O)N(Cc1ccccc1)C1CCN(C)CC1)c1cccc(F)c1F. The van der Waals surface area contributed by atoms with Crippen molar-refractivity contribution >= 4 is 6.03 Å². The first-order valence-corrected chi connectivity index (χ1v) is 9.69. The van der Waals surface area contributed by atoms with Gasteiger partial charge in [0.05, 0.1) is 6.04 Å². The summed E-state index contributed by atoms with van der Waals surface area (Å²) in [6.07, 6.45) is 1.78. The van der Waals surface area contributed by atoms with Crippen LogP contribution in [0.15, 0.2) is 48.5 Å². The molecule has 150 valence electrons. The van der Waals surface area contributed by atoms with Gasteiger partial charge in [0, 0.05) is 18.2 Å². The van der Waals surface area contributed by atoms with Crippen LogP contribution in [0.5, 0.6) is 0 Å². The van der Waals surface area contributed by atoms with Crippen molar-refractivity contribution in [2.45, 2.75) is 38.4 Å². The zero-order valence-electron chi connectivity index (χ0n) is 16.4. The van der Waals surface area contributed by atoms with E-state index in [1.165, 1.54) is 12.1 Å².